The molecule has 0 aromatic carbocycles. The minimum atomic E-state index is -5.12. The lowest BCUT2D eigenvalue weighted by molar-refractivity contribution is -0.205. The van der Waals surface area contributed by atoms with Crippen LogP contribution in [-0.2, 0) is 6.30 Å². The lowest BCUT2D eigenvalue weighted by atomic mass is 10.3. The van der Waals surface area contributed by atoms with Gasteiger partial charge in [-0.15, -0.1) is 13.2 Å². The Bertz CT molecular complexity index is 532. The lowest BCUT2D eigenvalue weighted by Crippen LogP contribution is -2.23. The van der Waals surface area contributed by atoms with Crippen molar-refractivity contribution in [1.82, 2.24) is 9.55 Å². The summed E-state index contributed by atoms with van der Waals surface area (Å²) in [5.41, 5.74) is -2.02. The Morgan fingerprint density at radius 3 is 2.25 bits per heavy atom. The number of carboxylic acid groups (broad SMARTS) is 1. The second kappa shape index (κ2) is 3.55. The molecule has 0 unspecified atom stereocenters. The van der Waals surface area contributed by atoms with Crippen molar-refractivity contribution in [3.63, 3.8) is 0 Å². The maximum Gasteiger partial charge on any atom is 0.491 e. The third-order valence-corrected chi connectivity index (χ3v) is 1.53. The maximum absolute atomic E-state index is 12.4. The van der Waals surface area contributed by atoms with E-state index in [0.717, 1.165) is 6.07 Å². The smallest absolute Gasteiger partial charge is 0.475 e. The van der Waals surface area contributed by atoms with Gasteiger partial charge in [-0.2, -0.15) is 10.5 Å². The van der Waals surface area contributed by atoms with E-state index < -0.39 is 34.0 Å². The van der Waals surface area contributed by atoms with Gasteiger partial charge in [-0.1, -0.05) is 0 Å². The van der Waals surface area contributed by atoms with Crippen molar-refractivity contribution < 1.29 is 23.1 Å². The Kier molecular flexibility index (Phi) is 2.56. The first-order valence-corrected chi connectivity index (χ1v) is 3.56. The van der Waals surface area contributed by atoms with Crippen LogP contribution in [0.5, 0.6) is 0 Å². The molecule has 0 aliphatic carbocycles. The van der Waals surface area contributed by atoms with Crippen LogP contribution in [0.3, 0.4) is 0 Å². The first-order valence-electron chi connectivity index (χ1n) is 3.56. The van der Waals surface area contributed by atoms with Gasteiger partial charge in [0, 0.05) is 0 Å². The molecule has 0 atom stereocenters. The highest BCUT2D eigenvalue weighted by atomic mass is 19.4. The number of alkyl halides is 3. The van der Waals surface area contributed by atoms with E-state index in [2.05, 4.69) is 4.98 Å². The molecule has 0 bridgehead atoms. The summed E-state index contributed by atoms with van der Waals surface area (Å²) in [5, 5.41) is 25.3. The van der Waals surface area contributed by atoms with E-state index in [1.165, 1.54) is 6.07 Å². The van der Waals surface area contributed by atoms with Gasteiger partial charge >= 0.3 is 12.3 Å². The van der Waals surface area contributed by atoms with Gasteiger partial charge in [0.25, 0.3) is 0 Å². The first-order chi connectivity index (χ1) is 7.32. The number of hydrogen-bond donors (Lipinski definition) is 1. The Morgan fingerprint density at radius 1 is 1.38 bits per heavy atom. The lowest BCUT2D eigenvalue weighted by Gasteiger charge is -2.09. The number of nitriles is 2. The summed E-state index contributed by atoms with van der Waals surface area (Å²) in [6, 6.07) is 2.31. The fourth-order valence-corrected chi connectivity index (χ4v) is 0.992. The normalized spacial score (nSPS) is 10.6. The van der Waals surface area contributed by atoms with Crippen LogP contribution in [0.15, 0.2) is 0 Å². The van der Waals surface area contributed by atoms with E-state index in [-0.39, 0.29) is 0 Å². The van der Waals surface area contributed by atoms with Crippen molar-refractivity contribution in [2.24, 2.45) is 0 Å². The van der Waals surface area contributed by atoms with Gasteiger partial charge in [0.1, 0.15) is 12.1 Å². The maximum atomic E-state index is 12.4. The summed E-state index contributed by atoms with van der Waals surface area (Å²) < 4.78 is 36.5. The molecule has 0 aliphatic rings. The molecule has 1 heterocycles. The molecule has 0 saturated carbocycles. The average molecular weight is 230 g/mol. The SMILES string of the molecule is N#Cc1nc(C(=O)O)n(C(F)(F)F)c1C#N. The largest absolute Gasteiger partial charge is 0.491 e. The number of aromatic nitrogens is 2. The Hall–Kier alpha value is -2.55. The van der Waals surface area contributed by atoms with Crippen LogP contribution >= 0.6 is 0 Å². The molecule has 1 aromatic rings. The zero-order chi connectivity index (χ0) is 12.5. The van der Waals surface area contributed by atoms with Gasteiger partial charge < -0.3 is 5.11 Å². The molecule has 16 heavy (non-hydrogen) atoms. The van der Waals surface area contributed by atoms with Gasteiger partial charge in [-0.25, -0.2) is 14.3 Å². The molecule has 1 aromatic heterocycles. The van der Waals surface area contributed by atoms with Crippen LogP contribution in [0.4, 0.5) is 13.2 Å². The van der Waals surface area contributed by atoms with Crippen molar-refractivity contribution in [3.05, 3.63) is 17.2 Å². The van der Waals surface area contributed by atoms with Crippen molar-refractivity contribution in [1.29, 1.82) is 10.5 Å². The van der Waals surface area contributed by atoms with E-state index in [0.29, 0.717) is 0 Å². The van der Waals surface area contributed by atoms with Crippen LogP contribution in [0, 0.1) is 22.7 Å². The van der Waals surface area contributed by atoms with E-state index in [1.54, 1.807) is 0 Å². The molecule has 1 rings (SSSR count). The molecule has 0 spiro atoms. The molecular formula is C7HF3N4O2. The van der Waals surface area contributed by atoms with Crippen LogP contribution in [-0.4, -0.2) is 20.6 Å². The van der Waals surface area contributed by atoms with Crippen molar-refractivity contribution in [3.8, 4) is 12.1 Å². The number of aromatic carboxylic acids is 1. The molecule has 9 heteroatoms. The number of halogens is 3. The minimum absolute atomic E-state index is 0.742. The minimum Gasteiger partial charge on any atom is -0.475 e. The highest BCUT2D eigenvalue weighted by molar-refractivity contribution is 5.84. The van der Waals surface area contributed by atoms with Gasteiger partial charge in [-0.3, -0.25) is 0 Å². The van der Waals surface area contributed by atoms with E-state index in [1.807, 2.05) is 0 Å². The number of carbonyl (C=O) groups is 1. The first kappa shape index (κ1) is 11.5. The fourth-order valence-electron chi connectivity index (χ4n) is 0.992. The summed E-state index contributed by atoms with van der Waals surface area (Å²) in [4.78, 5) is 13.4. The predicted molar refractivity (Wildman–Crippen MR) is 39.9 cm³/mol. The topological polar surface area (TPSA) is 103 Å². The summed E-state index contributed by atoms with van der Waals surface area (Å²) in [7, 11) is 0. The van der Waals surface area contributed by atoms with Gasteiger partial charge in [-0.05, 0) is 0 Å². The average Bonchev–Trinajstić information content (AvgIpc) is 2.55. The second-order valence-electron chi connectivity index (χ2n) is 2.46. The third kappa shape index (κ3) is 1.66. The molecule has 6 nitrogen and oxygen atoms in total. The number of imidazole rings is 1. The quantitative estimate of drug-likeness (QED) is 0.768. The molecule has 0 fully saturated rings. The van der Waals surface area contributed by atoms with Crippen LogP contribution in [0.2, 0.25) is 0 Å². The Balaban J connectivity index is 3.69. The van der Waals surface area contributed by atoms with E-state index >= 15 is 0 Å². The molecule has 1 N–H and O–H groups in total. The molecule has 0 saturated heterocycles. The summed E-state index contributed by atoms with van der Waals surface area (Å²) in [5.74, 6) is -3.39. The summed E-state index contributed by atoms with van der Waals surface area (Å²) >= 11 is 0. The van der Waals surface area contributed by atoms with Crippen LogP contribution in [0.1, 0.15) is 22.0 Å². The highest BCUT2D eigenvalue weighted by Gasteiger charge is 2.40. The molecule has 0 radical (unpaired) electrons. The molecule has 0 aliphatic heterocycles. The monoisotopic (exact) mass is 230 g/mol. The Morgan fingerprint density at radius 2 is 1.94 bits per heavy atom. The predicted octanol–water partition coefficient (Wildman–Crippen LogP) is 0.801. The third-order valence-electron chi connectivity index (χ3n) is 1.53. The van der Waals surface area contributed by atoms with E-state index in [9.17, 15) is 18.0 Å². The second-order valence-corrected chi connectivity index (χ2v) is 2.46. The van der Waals surface area contributed by atoms with Gasteiger partial charge in [0.15, 0.2) is 11.4 Å². The standard InChI is InChI=1S/C7HF3N4O2/c8-7(9,10)14-4(2-12)3(1-11)13-5(14)6(15)16/h(H,15,16). The van der Waals surface area contributed by atoms with Crippen molar-refractivity contribution in [2.45, 2.75) is 6.30 Å². The molecular weight excluding hydrogens is 229 g/mol. The summed E-state index contributed by atoms with van der Waals surface area (Å²) in [6.07, 6.45) is -5.12. The molecule has 82 valence electrons. The van der Waals surface area contributed by atoms with Crippen molar-refractivity contribution >= 4 is 5.97 Å². The fraction of sp³-hybridized carbons (Fsp3) is 0.143. The van der Waals surface area contributed by atoms with E-state index in [4.69, 9.17) is 15.6 Å². The van der Waals surface area contributed by atoms with Crippen LogP contribution in [0.25, 0.3) is 0 Å². The zero-order valence-electron chi connectivity index (χ0n) is 7.28. The summed E-state index contributed by atoms with van der Waals surface area (Å²) in [6.45, 7) is 0. The number of rotatable bonds is 1. The number of hydrogen-bond acceptors (Lipinski definition) is 4. The zero-order valence-corrected chi connectivity index (χ0v) is 7.28. The van der Waals surface area contributed by atoms with Crippen molar-refractivity contribution in [2.75, 3.05) is 0 Å². The number of nitrogens with zero attached hydrogens (tertiary/aromatic N) is 4. The highest BCUT2D eigenvalue weighted by Crippen LogP contribution is 2.27. The van der Waals surface area contributed by atoms with Gasteiger partial charge in [0.2, 0.25) is 5.82 Å². The molecule has 0 amide bonds. The Labute approximate surface area is 85.8 Å². The number of carboxylic acids is 1. The van der Waals surface area contributed by atoms with Gasteiger partial charge in [0.05, 0.1) is 0 Å². The van der Waals surface area contributed by atoms with Crippen LogP contribution < -0.4 is 0 Å².